The van der Waals surface area contributed by atoms with E-state index < -0.39 is 0 Å². The summed E-state index contributed by atoms with van der Waals surface area (Å²) in [5.74, 6) is 0. The van der Waals surface area contributed by atoms with E-state index in [9.17, 15) is 0 Å². The molecule has 0 aromatic carbocycles. The minimum Gasteiger partial charge on any atom is -0.362 e. The number of hydrogen-bond donors (Lipinski definition) is 0. The van der Waals surface area contributed by atoms with Gasteiger partial charge >= 0.3 is 0 Å². The van der Waals surface area contributed by atoms with Crippen LogP contribution in [0.2, 0.25) is 0 Å². The van der Waals surface area contributed by atoms with Gasteiger partial charge in [0.2, 0.25) is 0 Å². The Labute approximate surface area is 165 Å². The molecule has 0 aromatic rings. The van der Waals surface area contributed by atoms with Crippen molar-refractivity contribution in [1.82, 2.24) is 9.80 Å². The van der Waals surface area contributed by atoms with Gasteiger partial charge in [-0.2, -0.15) is 0 Å². The lowest BCUT2D eigenvalue weighted by Gasteiger charge is -2.17. The molecule has 1 heterocycles. The molecule has 0 aliphatic carbocycles. The first-order valence-corrected chi connectivity index (χ1v) is 12.0. The van der Waals surface area contributed by atoms with Crippen molar-refractivity contribution in [1.29, 1.82) is 0 Å². The second kappa shape index (κ2) is 17.7. The maximum atomic E-state index is 2.42. The van der Waals surface area contributed by atoms with Crippen molar-refractivity contribution in [3.63, 3.8) is 0 Å². The second-order valence-electron chi connectivity index (χ2n) is 8.52. The minimum absolute atomic E-state index is 1.08. The Hall–Kier alpha value is -0.660. The predicted molar refractivity (Wildman–Crippen MR) is 117 cm³/mol. The molecule has 2 heteroatoms. The molecular formula is C24H48N2. The normalized spacial score (nSPS) is 13.9. The molecule has 1 aliphatic rings. The maximum absolute atomic E-state index is 2.42. The summed E-state index contributed by atoms with van der Waals surface area (Å²) in [7, 11) is 2.14. The zero-order chi connectivity index (χ0) is 18.7. The van der Waals surface area contributed by atoms with Crippen molar-refractivity contribution in [3.8, 4) is 0 Å². The standard InChI is InChI=1S/C24H48N2/c1-3-4-5-6-7-8-9-10-11-12-13-14-15-16-17-18-19-20-21-26-23-22-25(2)24-26/h22-23H,3-21,24H2,1-2H3. The fraction of sp³-hybridized carbons (Fsp3) is 0.917. The summed E-state index contributed by atoms with van der Waals surface area (Å²) in [4.78, 5) is 4.67. The van der Waals surface area contributed by atoms with Gasteiger partial charge in [-0.15, -0.1) is 0 Å². The van der Waals surface area contributed by atoms with Gasteiger partial charge in [0.05, 0.1) is 6.67 Å². The van der Waals surface area contributed by atoms with Gasteiger partial charge in [0, 0.05) is 26.0 Å². The molecule has 0 atom stereocenters. The van der Waals surface area contributed by atoms with Gasteiger partial charge in [0.1, 0.15) is 0 Å². The van der Waals surface area contributed by atoms with E-state index in [2.05, 4.69) is 36.2 Å². The molecule has 0 aromatic heterocycles. The van der Waals surface area contributed by atoms with Gasteiger partial charge in [-0.3, -0.25) is 0 Å². The van der Waals surface area contributed by atoms with Crippen molar-refractivity contribution in [2.24, 2.45) is 0 Å². The molecule has 0 unspecified atom stereocenters. The Balaban J connectivity index is 1.65. The Bertz CT molecular complexity index is 313. The van der Waals surface area contributed by atoms with Crippen LogP contribution in [0.15, 0.2) is 12.4 Å². The highest BCUT2D eigenvalue weighted by Gasteiger charge is 2.06. The number of nitrogens with zero attached hydrogens (tertiary/aromatic N) is 2. The molecule has 0 saturated carbocycles. The number of hydrogen-bond acceptors (Lipinski definition) is 2. The molecule has 26 heavy (non-hydrogen) atoms. The molecule has 154 valence electrons. The Morgan fingerprint density at radius 3 is 1.27 bits per heavy atom. The number of rotatable bonds is 19. The van der Waals surface area contributed by atoms with Crippen molar-refractivity contribution >= 4 is 0 Å². The minimum atomic E-state index is 1.08. The molecule has 0 spiro atoms. The van der Waals surface area contributed by atoms with Crippen molar-refractivity contribution in [3.05, 3.63) is 12.4 Å². The third-order valence-electron chi connectivity index (χ3n) is 5.74. The van der Waals surface area contributed by atoms with Crippen LogP contribution in [-0.4, -0.2) is 30.1 Å². The largest absolute Gasteiger partial charge is 0.362 e. The quantitative estimate of drug-likeness (QED) is 0.217. The summed E-state index contributed by atoms with van der Waals surface area (Å²) in [5.41, 5.74) is 0. The first-order chi connectivity index (χ1) is 12.8. The summed E-state index contributed by atoms with van der Waals surface area (Å²) in [5, 5.41) is 0. The van der Waals surface area contributed by atoms with Crippen LogP contribution in [0.1, 0.15) is 122 Å². The van der Waals surface area contributed by atoms with Crippen molar-refractivity contribution < 1.29 is 0 Å². The van der Waals surface area contributed by atoms with Gasteiger partial charge in [-0.25, -0.2) is 0 Å². The first-order valence-electron chi connectivity index (χ1n) is 12.0. The average Bonchev–Trinajstić information content (AvgIpc) is 3.06. The van der Waals surface area contributed by atoms with Crippen LogP contribution < -0.4 is 0 Å². The molecule has 0 radical (unpaired) electrons. The van der Waals surface area contributed by atoms with Crippen LogP contribution in [0, 0.1) is 0 Å². The SMILES string of the molecule is CCCCCCCCCCCCCCCCCCCCN1C=CN(C)C1. The lowest BCUT2D eigenvalue weighted by atomic mass is 10.0. The Morgan fingerprint density at radius 2 is 0.923 bits per heavy atom. The van der Waals surface area contributed by atoms with Crippen LogP contribution in [-0.2, 0) is 0 Å². The number of unbranched alkanes of at least 4 members (excludes halogenated alkanes) is 17. The molecule has 2 nitrogen and oxygen atoms in total. The summed E-state index contributed by atoms with van der Waals surface area (Å²) < 4.78 is 0. The molecule has 0 N–H and O–H groups in total. The van der Waals surface area contributed by atoms with Crippen LogP contribution >= 0.6 is 0 Å². The van der Waals surface area contributed by atoms with Gasteiger partial charge in [-0.05, 0) is 6.42 Å². The fourth-order valence-electron chi connectivity index (χ4n) is 3.95. The lowest BCUT2D eigenvalue weighted by molar-refractivity contribution is 0.290. The van der Waals surface area contributed by atoms with E-state index in [1.54, 1.807) is 0 Å². The van der Waals surface area contributed by atoms with E-state index in [0.29, 0.717) is 0 Å². The lowest BCUT2D eigenvalue weighted by Crippen LogP contribution is -2.23. The maximum Gasteiger partial charge on any atom is 0.0890 e. The van der Waals surface area contributed by atoms with Gasteiger partial charge in [0.15, 0.2) is 0 Å². The molecule has 1 aliphatic heterocycles. The molecule has 1 rings (SSSR count). The van der Waals surface area contributed by atoms with E-state index in [0.717, 1.165) is 6.67 Å². The zero-order valence-corrected chi connectivity index (χ0v) is 18.2. The van der Waals surface area contributed by atoms with Crippen LogP contribution in [0.25, 0.3) is 0 Å². The topological polar surface area (TPSA) is 6.48 Å². The predicted octanol–water partition coefficient (Wildman–Crippen LogP) is 7.70. The fourth-order valence-corrected chi connectivity index (χ4v) is 3.95. The highest BCUT2D eigenvalue weighted by molar-refractivity contribution is 4.88. The zero-order valence-electron chi connectivity index (χ0n) is 18.2. The summed E-state index contributed by atoms with van der Waals surface area (Å²) >= 11 is 0. The molecule has 0 amide bonds. The van der Waals surface area contributed by atoms with Crippen LogP contribution in [0.4, 0.5) is 0 Å². The molecule has 0 fully saturated rings. The highest BCUT2D eigenvalue weighted by atomic mass is 15.3. The van der Waals surface area contributed by atoms with E-state index in [-0.39, 0.29) is 0 Å². The third-order valence-corrected chi connectivity index (χ3v) is 5.74. The van der Waals surface area contributed by atoms with Gasteiger partial charge in [0.25, 0.3) is 0 Å². The summed E-state index contributed by atoms with van der Waals surface area (Å²) in [6.07, 6.45) is 30.6. The Kier molecular flexibility index (Phi) is 16.0. The van der Waals surface area contributed by atoms with Crippen LogP contribution in [0.3, 0.4) is 0 Å². The van der Waals surface area contributed by atoms with Gasteiger partial charge in [-0.1, -0.05) is 116 Å². The van der Waals surface area contributed by atoms with E-state index in [1.807, 2.05) is 0 Å². The first kappa shape index (κ1) is 23.4. The molecule has 0 saturated heterocycles. The summed E-state index contributed by atoms with van der Waals surface area (Å²) in [6.45, 7) is 4.62. The second-order valence-corrected chi connectivity index (χ2v) is 8.52. The molecule has 0 bridgehead atoms. The monoisotopic (exact) mass is 364 g/mol. The van der Waals surface area contributed by atoms with E-state index in [4.69, 9.17) is 0 Å². The van der Waals surface area contributed by atoms with Crippen LogP contribution in [0.5, 0.6) is 0 Å². The van der Waals surface area contributed by atoms with E-state index in [1.165, 1.54) is 122 Å². The highest BCUT2D eigenvalue weighted by Crippen LogP contribution is 2.14. The van der Waals surface area contributed by atoms with Gasteiger partial charge < -0.3 is 9.80 Å². The Morgan fingerprint density at radius 1 is 0.538 bits per heavy atom. The summed E-state index contributed by atoms with van der Waals surface area (Å²) in [6, 6.07) is 0. The third kappa shape index (κ3) is 14.5. The van der Waals surface area contributed by atoms with Crippen molar-refractivity contribution in [2.75, 3.05) is 20.3 Å². The average molecular weight is 365 g/mol. The van der Waals surface area contributed by atoms with Crippen molar-refractivity contribution in [2.45, 2.75) is 122 Å². The molecular weight excluding hydrogens is 316 g/mol. The smallest absolute Gasteiger partial charge is 0.0890 e. The van der Waals surface area contributed by atoms with E-state index >= 15 is 0 Å².